The van der Waals surface area contributed by atoms with Crippen LogP contribution in [0.1, 0.15) is 18.5 Å². The third-order valence-corrected chi connectivity index (χ3v) is 5.08. The molecule has 0 amide bonds. The van der Waals surface area contributed by atoms with Gasteiger partial charge in [-0.2, -0.15) is 0 Å². The van der Waals surface area contributed by atoms with Crippen molar-refractivity contribution in [3.8, 4) is 0 Å². The average molecular weight is 312 g/mol. The largest absolute Gasteiger partial charge is 0.263 e. The van der Waals surface area contributed by atoms with Crippen LogP contribution in [0.3, 0.4) is 0 Å². The lowest BCUT2D eigenvalue weighted by molar-refractivity contribution is 0.566. The van der Waals surface area contributed by atoms with E-state index in [1.165, 1.54) is 12.3 Å². The van der Waals surface area contributed by atoms with E-state index >= 15 is 0 Å². The lowest BCUT2D eigenvalue weighted by Crippen LogP contribution is -2.26. The topological polar surface area (TPSA) is 59.1 Å². The molecule has 2 aromatic carbocycles. The second-order valence-corrected chi connectivity index (χ2v) is 6.85. The summed E-state index contributed by atoms with van der Waals surface area (Å²) >= 11 is 0. The molecule has 1 atom stereocenters. The van der Waals surface area contributed by atoms with Crippen molar-refractivity contribution in [1.29, 1.82) is 0 Å². The molecule has 1 N–H and O–H groups in total. The fourth-order valence-electron chi connectivity index (χ4n) is 2.35. The van der Waals surface area contributed by atoms with E-state index in [9.17, 15) is 8.42 Å². The summed E-state index contributed by atoms with van der Waals surface area (Å²) in [6.45, 7) is 1.83. The van der Waals surface area contributed by atoms with Crippen molar-refractivity contribution in [3.63, 3.8) is 0 Å². The van der Waals surface area contributed by atoms with E-state index in [1.54, 1.807) is 12.3 Å². The van der Waals surface area contributed by atoms with Gasteiger partial charge in [0, 0.05) is 18.4 Å². The molecule has 112 valence electrons. The van der Waals surface area contributed by atoms with Gasteiger partial charge in [-0.3, -0.25) is 4.98 Å². The lowest BCUT2D eigenvalue weighted by Gasteiger charge is -2.15. The molecular weight excluding hydrogens is 296 g/mol. The van der Waals surface area contributed by atoms with E-state index in [0.29, 0.717) is 0 Å². The highest BCUT2D eigenvalue weighted by Crippen LogP contribution is 2.21. The molecule has 0 saturated heterocycles. The highest BCUT2D eigenvalue weighted by molar-refractivity contribution is 7.89. The summed E-state index contributed by atoms with van der Waals surface area (Å²) in [6.07, 6.45) is 2.89. The van der Waals surface area contributed by atoms with Crippen LogP contribution in [0.4, 0.5) is 0 Å². The number of sulfonamides is 1. The minimum atomic E-state index is -3.57. The number of hydrogen-bond donors (Lipinski definition) is 1. The Morgan fingerprint density at radius 3 is 2.50 bits per heavy atom. The van der Waals surface area contributed by atoms with Crippen LogP contribution in [0.15, 0.2) is 71.9 Å². The van der Waals surface area contributed by atoms with Crippen molar-refractivity contribution < 1.29 is 8.42 Å². The fourth-order valence-corrected chi connectivity index (χ4v) is 3.55. The Hall–Kier alpha value is -2.24. The number of hydrogen-bond acceptors (Lipinski definition) is 3. The Bertz CT molecular complexity index is 893. The quantitative estimate of drug-likeness (QED) is 0.804. The summed E-state index contributed by atoms with van der Waals surface area (Å²) in [5.41, 5.74) is 0.922. The zero-order chi connectivity index (χ0) is 15.6. The average Bonchev–Trinajstić information content (AvgIpc) is 2.55. The van der Waals surface area contributed by atoms with E-state index < -0.39 is 10.0 Å². The fraction of sp³-hybridized carbons (Fsp3) is 0.118. The molecule has 0 aliphatic heterocycles. The van der Waals surface area contributed by atoms with Crippen molar-refractivity contribution in [3.05, 3.63) is 72.6 Å². The Balaban J connectivity index is 1.88. The molecule has 0 saturated carbocycles. The van der Waals surface area contributed by atoms with Gasteiger partial charge in [-0.15, -0.1) is 0 Å². The van der Waals surface area contributed by atoms with Crippen LogP contribution in [0, 0.1) is 0 Å². The van der Waals surface area contributed by atoms with Gasteiger partial charge in [0.25, 0.3) is 0 Å². The van der Waals surface area contributed by atoms with Gasteiger partial charge in [0.1, 0.15) is 4.90 Å². The molecule has 0 aliphatic carbocycles. The Morgan fingerprint density at radius 1 is 1.00 bits per heavy atom. The number of aromatic nitrogens is 1. The standard InChI is InChI=1S/C17H16N2O2S/c1-13(19-22(20,21)17-7-4-10-18-12-17)15-9-8-14-5-2-3-6-16(14)11-15/h2-13,19H,1H3/t13-/m0/s1. The highest BCUT2D eigenvalue weighted by atomic mass is 32.2. The van der Waals surface area contributed by atoms with Crippen molar-refractivity contribution in [2.45, 2.75) is 17.9 Å². The third-order valence-electron chi connectivity index (χ3n) is 3.55. The molecule has 5 heteroatoms. The summed E-state index contributed by atoms with van der Waals surface area (Å²) in [5, 5.41) is 2.22. The maximum Gasteiger partial charge on any atom is 0.242 e. The van der Waals surface area contributed by atoms with Crippen molar-refractivity contribution >= 4 is 20.8 Å². The van der Waals surface area contributed by atoms with Gasteiger partial charge in [-0.1, -0.05) is 36.4 Å². The van der Waals surface area contributed by atoms with Crippen LogP contribution in [-0.4, -0.2) is 13.4 Å². The molecule has 3 aromatic rings. The second kappa shape index (κ2) is 5.87. The van der Waals surface area contributed by atoms with Crippen molar-refractivity contribution in [2.24, 2.45) is 0 Å². The maximum absolute atomic E-state index is 12.3. The third kappa shape index (κ3) is 3.00. The van der Waals surface area contributed by atoms with Gasteiger partial charge < -0.3 is 0 Å². The molecule has 1 heterocycles. The lowest BCUT2D eigenvalue weighted by atomic mass is 10.0. The van der Waals surface area contributed by atoms with Crippen molar-refractivity contribution in [1.82, 2.24) is 9.71 Å². The van der Waals surface area contributed by atoms with Crippen LogP contribution in [0.5, 0.6) is 0 Å². The first-order chi connectivity index (χ1) is 10.6. The van der Waals surface area contributed by atoms with Crippen LogP contribution in [0.25, 0.3) is 10.8 Å². The first-order valence-corrected chi connectivity index (χ1v) is 8.46. The Labute approximate surface area is 129 Å². The van der Waals surface area contributed by atoms with Gasteiger partial charge in [-0.25, -0.2) is 13.1 Å². The first kappa shape index (κ1) is 14.7. The summed E-state index contributed by atoms with van der Waals surface area (Å²) in [4.78, 5) is 4.02. The zero-order valence-electron chi connectivity index (χ0n) is 12.1. The zero-order valence-corrected chi connectivity index (χ0v) is 12.9. The van der Waals surface area contributed by atoms with Gasteiger partial charge in [-0.05, 0) is 41.5 Å². The minimum Gasteiger partial charge on any atom is -0.263 e. The summed E-state index contributed by atoms with van der Waals surface area (Å²) in [6, 6.07) is 16.8. The second-order valence-electron chi connectivity index (χ2n) is 5.14. The van der Waals surface area contributed by atoms with E-state index in [1.807, 2.05) is 49.4 Å². The maximum atomic E-state index is 12.3. The van der Waals surface area contributed by atoms with Crippen LogP contribution >= 0.6 is 0 Å². The number of nitrogens with zero attached hydrogens (tertiary/aromatic N) is 1. The Kier molecular flexibility index (Phi) is 3.92. The van der Waals surface area contributed by atoms with Crippen LogP contribution in [-0.2, 0) is 10.0 Å². The number of nitrogens with one attached hydrogen (secondary N) is 1. The number of fused-ring (bicyclic) bond motifs is 1. The SMILES string of the molecule is C[C@H](NS(=O)(=O)c1cccnc1)c1ccc2ccccc2c1. The van der Waals surface area contributed by atoms with Crippen LogP contribution < -0.4 is 4.72 Å². The van der Waals surface area contributed by atoms with Gasteiger partial charge in [0.05, 0.1) is 0 Å². The number of rotatable bonds is 4. The van der Waals surface area contributed by atoms with Crippen molar-refractivity contribution in [2.75, 3.05) is 0 Å². The first-order valence-electron chi connectivity index (χ1n) is 6.97. The normalized spacial score (nSPS) is 13.1. The molecule has 0 fully saturated rings. The molecule has 4 nitrogen and oxygen atoms in total. The molecule has 0 radical (unpaired) electrons. The predicted octanol–water partition coefficient (Wildman–Crippen LogP) is 3.27. The van der Waals surface area contributed by atoms with Gasteiger partial charge in [0.15, 0.2) is 0 Å². The molecule has 0 bridgehead atoms. The van der Waals surface area contributed by atoms with E-state index in [2.05, 4.69) is 9.71 Å². The van der Waals surface area contributed by atoms with E-state index in [0.717, 1.165) is 16.3 Å². The molecule has 0 unspecified atom stereocenters. The number of benzene rings is 2. The summed E-state index contributed by atoms with van der Waals surface area (Å²) in [7, 11) is -3.57. The van der Waals surface area contributed by atoms with Gasteiger partial charge >= 0.3 is 0 Å². The molecule has 0 spiro atoms. The van der Waals surface area contributed by atoms with E-state index in [4.69, 9.17) is 0 Å². The Morgan fingerprint density at radius 2 is 1.77 bits per heavy atom. The molecule has 22 heavy (non-hydrogen) atoms. The monoisotopic (exact) mass is 312 g/mol. The minimum absolute atomic E-state index is 0.169. The smallest absolute Gasteiger partial charge is 0.242 e. The molecule has 0 aliphatic rings. The predicted molar refractivity (Wildman–Crippen MR) is 86.9 cm³/mol. The summed E-state index contributed by atoms with van der Waals surface area (Å²) < 4.78 is 27.3. The molecular formula is C17H16N2O2S. The molecule has 3 rings (SSSR count). The highest BCUT2D eigenvalue weighted by Gasteiger charge is 2.18. The van der Waals surface area contributed by atoms with Crippen LogP contribution in [0.2, 0.25) is 0 Å². The number of pyridine rings is 1. The van der Waals surface area contributed by atoms with Gasteiger partial charge in [0.2, 0.25) is 10.0 Å². The molecule has 1 aromatic heterocycles. The summed E-state index contributed by atoms with van der Waals surface area (Å²) in [5.74, 6) is 0. The van der Waals surface area contributed by atoms with E-state index in [-0.39, 0.29) is 10.9 Å².